The van der Waals surface area contributed by atoms with E-state index in [9.17, 15) is 9.59 Å². The Kier molecular flexibility index (Phi) is 7.71. The van der Waals surface area contributed by atoms with Gasteiger partial charge in [-0.25, -0.2) is 4.79 Å². The van der Waals surface area contributed by atoms with Crippen LogP contribution in [0.4, 0.5) is 0 Å². The molecule has 0 fully saturated rings. The van der Waals surface area contributed by atoms with E-state index in [-0.39, 0.29) is 12.5 Å². The Hall–Kier alpha value is -2.79. The molecular formula is C20H20ClNO4. The van der Waals surface area contributed by atoms with E-state index >= 15 is 0 Å². The van der Waals surface area contributed by atoms with Crippen molar-refractivity contribution in [2.75, 3.05) is 20.3 Å². The lowest BCUT2D eigenvalue weighted by Gasteiger charge is -2.06. The van der Waals surface area contributed by atoms with Crippen molar-refractivity contribution in [1.82, 2.24) is 5.32 Å². The summed E-state index contributed by atoms with van der Waals surface area (Å²) in [4.78, 5) is 23.4. The van der Waals surface area contributed by atoms with Crippen molar-refractivity contribution in [2.45, 2.75) is 6.42 Å². The summed E-state index contributed by atoms with van der Waals surface area (Å²) in [5.41, 5.74) is 1.78. The highest BCUT2D eigenvalue weighted by Gasteiger charge is 2.05. The predicted octanol–water partition coefficient (Wildman–Crippen LogP) is 3.26. The van der Waals surface area contributed by atoms with Gasteiger partial charge >= 0.3 is 5.97 Å². The van der Waals surface area contributed by atoms with Gasteiger partial charge < -0.3 is 14.8 Å². The largest absolute Gasteiger partial charge is 0.497 e. The van der Waals surface area contributed by atoms with Crippen molar-refractivity contribution in [3.05, 3.63) is 70.8 Å². The van der Waals surface area contributed by atoms with Crippen LogP contribution in [0.3, 0.4) is 0 Å². The zero-order valence-electron chi connectivity index (χ0n) is 14.4. The molecule has 0 aliphatic rings. The average molecular weight is 374 g/mol. The summed E-state index contributed by atoms with van der Waals surface area (Å²) in [6, 6.07) is 14.7. The number of nitrogens with one attached hydrogen (secondary N) is 1. The van der Waals surface area contributed by atoms with Gasteiger partial charge in [0.25, 0.3) is 5.91 Å². The number of ether oxygens (including phenoxy) is 2. The summed E-state index contributed by atoms with van der Waals surface area (Å²) in [5, 5.41) is 3.24. The molecule has 2 aromatic carbocycles. The fourth-order valence-electron chi connectivity index (χ4n) is 2.14. The molecule has 1 N–H and O–H groups in total. The lowest BCUT2D eigenvalue weighted by atomic mass is 10.1. The zero-order chi connectivity index (χ0) is 18.8. The van der Waals surface area contributed by atoms with Crippen molar-refractivity contribution in [3.8, 4) is 5.75 Å². The number of rotatable bonds is 8. The third-order valence-electron chi connectivity index (χ3n) is 3.54. The number of carbonyl (C=O) groups excluding carboxylic acids is 2. The fraction of sp³-hybridized carbons (Fsp3) is 0.200. The molecule has 0 aliphatic carbocycles. The normalized spacial score (nSPS) is 10.5. The average Bonchev–Trinajstić information content (AvgIpc) is 2.66. The Morgan fingerprint density at radius 3 is 2.54 bits per heavy atom. The quantitative estimate of drug-likeness (QED) is 0.569. The molecule has 0 unspecified atom stereocenters. The molecule has 0 atom stereocenters. The van der Waals surface area contributed by atoms with Gasteiger partial charge in [0, 0.05) is 17.6 Å². The van der Waals surface area contributed by atoms with Crippen molar-refractivity contribution in [1.29, 1.82) is 0 Å². The summed E-state index contributed by atoms with van der Waals surface area (Å²) in [7, 11) is 1.61. The van der Waals surface area contributed by atoms with E-state index in [4.69, 9.17) is 21.1 Å². The van der Waals surface area contributed by atoms with Gasteiger partial charge in [-0.05, 0) is 41.8 Å². The molecule has 0 saturated carbocycles. The van der Waals surface area contributed by atoms with Crippen LogP contribution in [0.25, 0.3) is 6.08 Å². The topological polar surface area (TPSA) is 64.6 Å². The predicted molar refractivity (Wildman–Crippen MR) is 101 cm³/mol. The third kappa shape index (κ3) is 6.61. The van der Waals surface area contributed by atoms with Crippen LogP contribution in [-0.2, 0) is 20.7 Å². The smallest absolute Gasteiger partial charge is 0.331 e. The molecule has 0 saturated heterocycles. The first-order valence-electron chi connectivity index (χ1n) is 8.07. The van der Waals surface area contributed by atoms with Crippen LogP contribution in [0.1, 0.15) is 11.1 Å². The summed E-state index contributed by atoms with van der Waals surface area (Å²) >= 11 is 5.99. The van der Waals surface area contributed by atoms with Gasteiger partial charge in [0.15, 0.2) is 6.61 Å². The van der Waals surface area contributed by atoms with Gasteiger partial charge in [-0.3, -0.25) is 4.79 Å². The second kappa shape index (κ2) is 10.3. The van der Waals surface area contributed by atoms with Gasteiger partial charge in [0.05, 0.1) is 7.11 Å². The lowest BCUT2D eigenvalue weighted by molar-refractivity contribution is -0.143. The minimum Gasteiger partial charge on any atom is -0.497 e. The van der Waals surface area contributed by atoms with Crippen LogP contribution in [0.2, 0.25) is 5.02 Å². The van der Waals surface area contributed by atoms with E-state index < -0.39 is 5.97 Å². The third-order valence-corrected chi connectivity index (χ3v) is 3.89. The number of hydrogen-bond donors (Lipinski definition) is 1. The van der Waals surface area contributed by atoms with E-state index in [0.717, 1.165) is 11.3 Å². The van der Waals surface area contributed by atoms with Crippen molar-refractivity contribution in [3.63, 3.8) is 0 Å². The molecule has 0 bridgehead atoms. The molecule has 0 heterocycles. The number of amides is 1. The summed E-state index contributed by atoms with van der Waals surface area (Å²) in [5.74, 6) is -0.164. The van der Waals surface area contributed by atoms with E-state index in [1.807, 2.05) is 30.3 Å². The molecule has 5 nitrogen and oxygen atoms in total. The first-order chi connectivity index (χ1) is 12.6. The molecule has 0 radical (unpaired) electrons. The second-order valence-corrected chi connectivity index (χ2v) is 5.82. The van der Waals surface area contributed by atoms with Crippen molar-refractivity contribution in [2.24, 2.45) is 0 Å². The van der Waals surface area contributed by atoms with E-state index in [1.54, 1.807) is 31.4 Å². The fourth-order valence-corrected chi connectivity index (χ4v) is 2.34. The van der Waals surface area contributed by atoms with Crippen LogP contribution in [0.15, 0.2) is 54.6 Å². The molecule has 1 amide bonds. The second-order valence-electron chi connectivity index (χ2n) is 5.41. The van der Waals surface area contributed by atoms with E-state index in [2.05, 4.69) is 5.32 Å². The number of halogens is 1. The number of methoxy groups -OCH3 is 1. The Bertz CT molecular complexity index is 772. The summed E-state index contributed by atoms with van der Waals surface area (Å²) in [6.07, 6.45) is 3.47. The van der Waals surface area contributed by atoms with Gasteiger partial charge in [0.2, 0.25) is 0 Å². The van der Waals surface area contributed by atoms with E-state index in [1.165, 1.54) is 6.08 Å². The number of esters is 1. The molecule has 0 spiro atoms. The molecule has 136 valence electrons. The van der Waals surface area contributed by atoms with Crippen LogP contribution in [0, 0.1) is 0 Å². The summed E-state index contributed by atoms with van der Waals surface area (Å²) in [6.45, 7) is 0.131. The highest BCUT2D eigenvalue weighted by atomic mass is 35.5. The molecule has 2 rings (SSSR count). The summed E-state index contributed by atoms with van der Waals surface area (Å²) < 4.78 is 9.99. The Balaban J connectivity index is 1.67. The lowest BCUT2D eigenvalue weighted by Crippen LogP contribution is -2.30. The maximum absolute atomic E-state index is 11.7. The Morgan fingerprint density at radius 1 is 1.12 bits per heavy atom. The molecule has 0 aliphatic heterocycles. The molecule has 2 aromatic rings. The first-order valence-corrected chi connectivity index (χ1v) is 8.45. The minimum atomic E-state index is -0.602. The Labute approximate surface area is 157 Å². The SMILES string of the molecule is COc1ccc(CCNC(=O)COC(=O)/C=C/c2ccccc2Cl)cc1. The number of hydrogen-bond acceptors (Lipinski definition) is 4. The van der Waals surface area contributed by atoms with Gasteiger partial charge in [-0.2, -0.15) is 0 Å². The highest BCUT2D eigenvalue weighted by Crippen LogP contribution is 2.16. The number of carbonyl (C=O) groups is 2. The monoisotopic (exact) mass is 373 g/mol. The Morgan fingerprint density at radius 2 is 1.85 bits per heavy atom. The van der Waals surface area contributed by atoms with Gasteiger partial charge in [-0.15, -0.1) is 0 Å². The molecular weight excluding hydrogens is 354 g/mol. The highest BCUT2D eigenvalue weighted by molar-refractivity contribution is 6.32. The van der Waals surface area contributed by atoms with Crippen LogP contribution >= 0.6 is 11.6 Å². The van der Waals surface area contributed by atoms with Crippen LogP contribution in [0.5, 0.6) is 5.75 Å². The van der Waals surface area contributed by atoms with Crippen LogP contribution < -0.4 is 10.1 Å². The number of benzene rings is 2. The van der Waals surface area contributed by atoms with Crippen LogP contribution in [-0.4, -0.2) is 32.1 Å². The molecule has 26 heavy (non-hydrogen) atoms. The maximum atomic E-state index is 11.7. The zero-order valence-corrected chi connectivity index (χ0v) is 15.2. The van der Waals surface area contributed by atoms with Gasteiger partial charge in [0.1, 0.15) is 5.75 Å². The van der Waals surface area contributed by atoms with Gasteiger partial charge in [-0.1, -0.05) is 41.9 Å². The molecule has 6 heteroatoms. The standard InChI is InChI=1S/C20H20ClNO4/c1-25-17-9-6-15(7-10-17)12-13-22-19(23)14-26-20(24)11-8-16-4-2-3-5-18(16)21/h2-11H,12-14H2,1H3,(H,22,23)/b11-8+. The van der Waals surface area contributed by atoms with Crippen molar-refractivity contribution < 1.29 is 19.1 Å². The molecule has 0 aromatic heterocycles. The minimum absolute atomic E-state index is 0.325. The first kappa shape index (κ1) is 19.5. The van der Waals surface area contributed by atoms with Crippen molar-refractivity contribution >= 4 is 29.6 Å². The maximum Gasteiger partial charge on any atom is 0.331 e. The van der Waals surface area contributed by atoms with E-state index in [0.29, 0.717) is 23.6 Å².